The van der Waals surface area contributed by atoms with E-state index in [4.69, 9.17) is 4.74 Å². The Balaban J connectivity index is 1.97. The molecule has 0 atom stereocenters. The number of hydrogen-bond donors (Lipinski definition) is 0. The fourth-order valence-electron chi connectivity index (χ4n) is 2.29. The Labute approximate surface area is 130 Å². The molecule has 0 amide bonds. The van der Waals surface area contributed by atoms with Crippen molar-refractivity contribution >= 4 is 17.9 Å². The first kappa shape index (κ1) is 14.3. The van der Waals surface area contributed by atoms with Crippen molar-refractivity contribution in [2.45, 2.75) is 20.8 Å². The molecule has 0 radical (unpaired) electrons. The molecule has 3 nitrogen and oxygen atoms in total. The van der Waals surface area contributed by atoms with Crippen molar-refractivity contribution in [2.24, 2.45) is 4.99 Å². The highest BCUT2D eigenvalue weighted by molar-refractivity contribution is 6.12. The third-order valence-electron chi connectivity index (χ3n) is 3.65. The molecule has 110 valence electrons. The predicted molar refractivity (Wildman–Crippen MR) is 87.7 cm³/mol. The van der Waals surface area contributed by atoms with Gasteiger partial charge in [-0.15, -0.1) is 0 Å². The maximum absolute atomic E-state index is 12.0. The van der Waals surface area contributed by atoms with Gasteiger partial charge < -0.3 is 4.74 Å². The molecule has 1 aliphatic rings. The molecular weight excluding hydrogens is 274 g/mol. The van der Waals surface area contributed by atoms with E-state index in [1.807, 2.05) is 63.2 Å². The van der Waals surface area contributed by atoms with E-state index in [1.54, 1.807) is 6.08 Å². The lowest BCUT2D eigenvalue weighted by Gasteiger charge is -2.01. The number of ether oxygens (including phenoxy) is 1. The lowest BCUT2D eigenvalue weighted by molar-refractivity contribution is -0.129. The second kappa shape index (κ2) is 5.60. The summed E-state index contributed by atoms with van der Waals surface area (Å²) in [6, 6.07) is 13.9. The van der Waals surface area contributed by atoms with Gasteiger partial charge >= 0.3 is 5.97 Å². The van der Waals surface area contributed by atoms with Crippen LogP contribution >= 0.6 is 0 Å². The van der Waals surface area contributed by atoms with Crippen LogP contribution in [0.4, 0.5) is 0 Å². The summed E-state index contributed by atoms with van der Waals surface area (Å²) >= 11 is 0. The average Bonchev–Trinajstić information content (AvgIpc) is 2.85. The summed E-state index contributed by atoms with van der Waals surface area (Å²) in [5.74, 6) is -0.0435. The second-order valence-corrected chi connectivity index (χ2v) is 5.56. The molecule has 0 N–H and O–H groups in total. The van der Waals surface area contributed by atoms with Gasteiger partial charge in [0.1, 0.15) is 0 Å². The maximum atomic E-state index is 12.0. The molecule has 3 rings (SSSR count). The van der Waals surface area contributed by atoms with Crippen molar-refractivity contribution in [3.63, 3.8) is 0 Å². The van der Waals surface area contributed by atoms with Crippen molar-refractivity contribution in [3.05, 3.63) is 76.0 Å². The van der Waals surface area contributed by atoms with Crippen LogP contribution in [0.15, 0.2) is 53.2 Å². The highest BCUT2D eigenvalue weighted by atomic mass is 16.6. The zero-order chi connectivity index (χ0) is 15.7. The molecule has 0 aliphatic carbocycles. The number of hydrogen-bond acceptors (Lipinski definition) is 3. The van der Waals surface area contributed by atoms with Gasteiger partial charge in [0.25, 0.3) is 0 Å². The summed E-state index contributed by atoms with van der Waals surface area (Å²) < 4.78 is 5.28. The number of rotatable bonds is 2. The largest absolute Gasteiger partial charge is 0.402 e. The summed E-state index contributed by atoms with van der Waals surface area (Å²) in [5, 5.41) is 0. The molecule has 0 unspecified atom stereocenters. The highest BCUT2D eigenvalue weighted by Crippen LogP contribution is 2.21. The van der Waals surface area contributed by atoms with Gasteiger partial charge in [-0.2, -0.15) is 0 Å². The third-order valence-corrected chi connectivity index (χ3v) is 3.65. The van der Waals surface area contributed by atoms with Crippen molar-refractivity contribution in [1.82, 2.24) is 0 Å². The average molecular weight is 291 g/mol. The number of carbonyl (C=O) groups is 1. The van der Waals surface area contributed by atoms with E-state index in [0.29, 0.717) is 11.6 Å². The number of benzene rings is 2. The Morgan fingerprint density at radius 3 is 2.36 bits per heavy atom. The molecule has 0 saturated carbocycles. The van der Waals surface area contributed by atoms with Crippen LogP contribution in [0.5, 0.6) is 0 Å². The van der Waals surface area contributed by atoms with Crippen molar-refractivity contribution in [2.75, 3.05) is 0 Å². The fraction of sp³-hybridized carbons (Fsp3) is 0.158. The minimum absolute atomic E-state index is 0.337. The molecule has 22 heavy (non-hydrogen) atoms. The number of aliphatic imine (C=N–C) groups is 1. The molecule has 3 heteroatoms. The van der Waals surface area contributed by atoms with Crippen LogP contribution in [-0.4, -0.2) is 11.9 Å². The van der Waals surface area contributed by atoms with Crippen molar-refractivity contribution in [3.8, 4) is 0 Å². The number of nitrogens with zero attached hydrogens (tertiary/aromatic N) is 1. The normalized spacial score (nSPS) is 15.9. The van der Waals surface area contributed by atoms with E-state index >= 15 is 0 Å². The van der Waals surface area contributed by atoms with E-state index in [-0.39, 0.29) is 0 Å². The van der Waals surface area contributed by atoms with E-state index in [9.17, 15) is 4.79 Å². The zero-order valence-corrected chi connectivity index (χ0v) is 12.9. The first-order valence-corrected chi connectivity index (χ1v) is 7.20. The monoisotopic (exact) mass is 291 g/mol. The standard InChI is InChI=1S/C19H17NO2/c1-12-5-8-15(9-6-12)18-20-17(19(21)22-18)11-16-10-13(2)4-7-14(16)3/h4-11H,1-3H3/b17-11-. The minimum Gasteiger partial charge on any atom is -0.402 e. The van der Waals surface area contributed by atoms with Gasteiger partial charge in [-0.25, -0.2) is 9.79 Å². The lowest BCUT2D eigenvalue weighted by Crippen LogP contribution is -2.05. The Kier molecular flexibility index (Phi) is 3.63. The Bertz CT molecular complexity index is 799. The van der Waals surface area contributed by atoms with E-state index in [0.717, 1.165) is 27.8 Å². The molecule has 0 saturated heterocycles. The van der Waals surface area contributed by atoms with E-state index < -0.39 is 5.97 Å². The molecule has 2 aromatic carbocycles. The van der Waals surface area contributed by atoms with Crippen molar-refractivity contribution in [1.29, 1.82) is 0 Å². The van der Waals surface area contributed by atoms with Crippen LogP contribution in [0.2, 0.25) is 0 Å². The second-order valence-electron chi connectivity index (χ2n) is 5.56. The Morgan fingerprint density at radius 1 is 0.955 bits per heavy atom. The van der Waals surface area contributed by atoms with Crippen molar-refractivity contribution < 1.29 is 9.53 Å². The lowest BCUT2D eigenvalue weighted by atomic mass is 10.0. The van der Waals surface area contributed by atoms with E-state index in [1.165, 1.54) is 0 Å². The van der Waals surface area contributed by atoms with Crippen LogP contribution in [-0.2, 0) is 9.53 Å². The number of esters is 1. The van der Waals surface area contributed by atoms with Gasteiger partial charge in [-0.3, -0.25) is 0 Å². The van der Waals surface area contributed by atoms with E-state index in [2.05, 4.69) is 4.99 Å². The summed E-state index contributed by atoms with van der Waals surface area (Å²) in [5.41, 5.74) is 5.53. The summed E-state index contributed by atoms with van der Waals surface area (Å²) in [6.07, 6.45) is 1.78. The SMILES string of the molecule is Cc1ccc(C2=N/C(=C\c3cc(C)ccc3C)C(=O)O2)cc1. The number of cyclic esters (lactones) is 1. The van der Waals surface area contributed by atoms with Gasteiger partial charge in [0.2, 0.25) is 5.90 Å². The molecule has 0 bridgehead atoms. The molecule has 1 heterocycles. The summed E-state index contributed by atoms with van der Waals surface area (Å²) in [4.78, 5) is 16.4. The molecule has 2 aromatic rings. The minimum atomic E-state index is -0.406. The zero-order valence-electron chi connectivity index (χ0n) is 12.9. The van der Waals surface area contributed by atoms with Crippen LogP contribution in [0.25, 0.3) is 6.08 Å². The predicted octanol–water partition coefficient (Wildman–Crippen LogP) is 3.96. The maximum Gasteiger partial charge on any atom is 0.363 e. The first-order valence-electron chi connectivity index (χ1n) is 7.20. The molecular formula is C19H17NO2. The van der Waals surface area contributed by atoms with Gasteiger partial charge in [0.15, 0.2) is 5.70 Å². The van der Waals surface area contributed by atoms with Gasteiger partial charge in [-0.05, 0) is 50.1 Å². The Morgan fingerprint density at radius 2 is 1.64 bits per heavy atom. The summed E-state index contributed by atoms with van der Waals surface area (Å²) in [6.45, 7) is 6.05. The molecule has 1 aliphatic heterocycles. The number of aryl methyl sites for hydroxylation is 3. The quantitative estimate of drug-likeness (QED) is 0.620. The molecule has 0 spiro atoms. The van der Waals surface area contributed by atoms with Crippen LogP contribution < -0.4 is 0 Å². The van der Waals surface area contributed by atoms with Gasteiger partial charge in [-0.1, -0.05) is 41.5 Å². The van der Waals surface area contributed by atoms with Crippen LogP contribution in [0, 0.1) is 20.8 Å². The highest BCUT2D eigenvalue weighted by Gasteiger charge is 2.24. The number of carbonyl (C=O) groups excluding carboxylic acids is 1. The first-order chi connectivity index (χ1) is 10.5. The Hall–Kier alpha value is -2.68. The topological polar surface area (TPSA) is 38.7 Å². The van der Waals surface area contributed by atoms with Crippen LogP contribution in [0.3, 0.4) is 0 Å². The van der Waals surface area contributed by atoms with Crippen LogP contribution in [0.1, 0.15) is 27.8 Å². The fourth-order valence-corrected chi connectivity index (χ4v) is 2.29. The molecule has 0 aromatic heterocycles. The summed E-state index contributed by atoms with van der Waals surface area (Å²) in [7, 11) is 0. The third kappa shape index (κ3) is 2.84. The molecule has 0 fully saturated rings. The van der Waals surface area contributed by atoms with Gasteiger partial charge in [0, 0.05) is 5.56 Å². The smallest absolute Gasteiger partial charge is 0.363 e. The van der Waals surface area contributed by atoms with Gasteiger partial charge in [0.05, 0.1) is 0 Å².